The number of hydrogen-bond donors (Lipinski definition) is 1. The van der Waals surface area contributed by atoms with E-state index in [1.54, 1.807) is 0 Å². The van der Waals surface area contributed by atoms with E-state index in [1.807, 2.05) is 0 Å². The van der Waals surface area contributed by atoms with Crippen LogP contribution in [0.3, 0.4) is 0 Å². The second-order valence-electron chi connectivity index (χ2n) is 5.13. The maximum atomic E-state index is 13.1. The summed E-state index contributed by atoms with van der Waals surface area (Å²) in [5.41, 5.74) is -3.39. The Kier molecular flexibility index (Phi) is 3.80. The molecule has 2 aromatic rings. The van der Waals surface area contributed by atoms with Crippen LogP contribution in [0.5, 0.6) is 0 Å². The van der Waals surface area contributed by atoms with E-state index in [-0.39, 0.29) is 11.1 Å². The molecule has 6 nitrogen and oxygen atoms in total. The van der Waals surface area contributed by atoms with E-state index in [1.165, 1.54) is 49.1 Å². The van der Waals surface area contributed by atoms with Crippen LogP contribution in [-0.2, 0) is 5.72 Å². The second kappa shape index (κ2) is 5.68. The van der Waals surface area contributed by atoms with E-state index in [2.05, 4.69) is 15.1 Å². The van der Waals surface area contributed by atoms with E-state index in [4.69, 9.17) is 0 Å². The predicted octanol–water partition coefficient (Wildman–Crippen LogP) is 2.09. The Morgan fingerprint density at radius 2 is 1.88 bits per heavy atom. The van der Waals surface area contributed by atoms with Gasteiger partial charge in [-0.15, -0.1) is 0 Å². The molecule has 1 N–H and O–H groups in total. The normalized spacial score (nSPS) is 20.8. The van der Waals surface area contributed by atoms with Gasteiger partial charge in [0, 0.05) is 30.4 Å². The molecule has 0 spiro atoms. The van der Waals surface area contributed by atoms with Crippen molar-refractivity contribution >= 4 is 11.6 Å². The summed E-state index contributed by atoms with van der Waals surface area (Å²) in [5.74, 6) is -0.887. The van der Waals surface area contributed by atoms with Crippen LogP contribution in [0.4, 0.5) is 13.2 Å². The standard InChI is InChI=1S/C15H11F3N4O2/c16-15(17,18)12-8-14(24,11-3-6-19-7-4-11)22(21-12)13(23)10-2-1-5-20-9-10/h1-7,9,24H,8H2/t14-/m0/s1. The fraction of sp³-hybridized carbons (Fsp3) is 0.200. The number of rotatable bonds is 2. The molecule has 0 bridgehead atoms. The number of amides is 1. The van der Waals surface area contributed by atoms with Crippen LogP contribution < -0.4 is 0 Å². The zero-order valence-corrected chi connectivity index (χ0v) is 12.1. The van der Waals surface area contributed by atoms with Gasteiger partial charge in [0.25, 0.3) is 5.91 Å². The van der Waals surface area contributed by atoms with Gasteiger partial charge in [0.2, 0.25) is 0 Å². The maximum absolute atomic E-state index is 13.1. The lowest BCUT2D eigenvalue weighted by Gasteiger charge is -2.31. The monoisotopic (exact) mass is 336 g/mol. The molecule has 2 aromatic heterocycles. The van der Waals surface area contributed by atoms with Gasteiger partial charge in [-0.25, -0.2) is 0 Å². The highest BCUT2D eigenvalue weighted by Gasteiger charge is 2.53. The van der Waals surface area contributed by atoms with Gasteiger partial charge in [-0.3, -0.25) is 14.8 Å². The molecular weight excluding hydrogens is 325 g/mol. The molecule has 0 saturated heterocycles. The molecule has 0 saturated carbocycles. The van der Waals surface area contributed by atoms with Crippen LogP contribution >= 0.6 is 0 Å². The van der Waals surface area contributed by atoms with Crippen molar-refractivity contribution in [1.82, 2.24) is 15.0 Å². The number of alkyl halides is 3. The van der Waals surface area contributed by atoms with Crippen LogP contribution in [0, 0.1) is 0 Å². The molecule has 1 amide bonds. The molecule has 3 heterocycles. The fourth-order valence-corrected chi connectivity index (χ4v) is 2.37. The number of hydrazone groups is 1. The van der Waals surface area contributed by atoms with Crippen molar-refractivity contribution in [1.29, 1.82) is 0 Å². The summed E-state index contributed by atoms with van der Waals surface area (Å²) in [6, 6.07) is 5.50. The lowest BCUT2D eigenvalue weighted by Crippen LogP contribution is -2.43. The Labute approximate surface area is 134 Å². The third-order valence-corrected chi connectivity index (χ3v) is 3.56. The number of aromatic nitrogens is 2. The molecule has 1 aliphatic heterocycles. The first-order valence-electron chi connectivity index (χ1n) is 6.84. The highest BCUT2D eigenvalue weighted by atomic mass is 19.4. The Morgan fingerprint density at radius 1 is 1.17 bits per heavy atom. The van der Waals surface area contributed by atoms with Crippen molar-refractivity contribution in [3.05, 3.63) is 60.2 Å². The number of nitrogens with zero attached hydrogens (tertiary/aromatic N) is 4. The lowest BCUT2D eigenvalue weighted by molar-refractivity contribution is -0.0816. The molecule has 0 aromatic carbocycles. The highest BCUT2D eigenvalue weighted by molar-refractivity contribution is 5.99. The average Bonchev–Trinajstić information content (AvgIpc) is 2.95. The summed E-state index contributed by atoms with van der Waals surface area (Å²) in [7, 11) is 0. The molecule has 3 rings (SSSR count). The third kappa shape index (κ3) is 2.73. The van der Waals surface area contributed by atoms with E-state index in [0.717, 1.165) is 0 Å². The van der Waals surface area contributed by atoms with E-state index >= 15 is 0 Å². The number of halogens is 3. The smallest absolute Gasteiger partial charge is 0.365 e. The Balaban J connectivity index is 2.07. The van der Waals surface area contributed by atoms with Crippen LogP contribution in [0.15, 0.2) is 54.2 Å². The summed E-state index contributed by atoms with van der Waals surface area (Å²) in [4.78, 5) is 20.1. The number of aliphatic hydroxyl groups is 1. The highest BCUT2D eigenvalue weighted by Crippen LogP contribution is 2.40. The van der Waals surface area contributed by atoms with Gasteiger partial charge in [0.15, 0.2) is 5.72 Å². The molecule has 0 aliphatic carbocycles. The number of carbonyl (C=O) groups excluding carboxylic acids is 1. The summed E-state index contributed by atoms with van der Waals surface area (Å²) in [6.07, 6.45) is -0.397. The van der Waals surface area contributed by atoms with Gasteiger partial charge in [-0.2, -0.15) is 23.3 Å². The van der Waals surface area contributed by atoms with Gasteiger partial charge in [-0.1, -0.05) is 0 Å². The molecule has 0 fully saturated rings. The van der Waals surface area contributed by atoms with Crippen molar-refractivity contribution in [3.63, 3.8) is 0 Å². The SMILES string of the molecule is O=C(c1cccnc1)N1N=C(C(F)(F)F)C[C@]1(O)c1ccncc1. The Morgan fingerprint density at radius 3 is 2.46 bits per heavy atom. The van der Waals surface area contributed by atoms with Crippen LogP contribution in [-0.4, -0.2) is 37.9 Å². The van der Waals surface area contributed by atoms with Crippen molar-refractivity contribution in [2.75, 3.05) is 0 Å². The largest absolute Gasteiger partial charge is 0.431 e. The molecule has 0 unspecified atom stereocenters. The molecule has 24 heavy (non-hydrogen) atoms. The first-order valence-corrected chi connectivity index (χ1v) is 6.84. The average molecular weight is 336 g/mol. The van der Waals surface area contributed by atoms with Crippen LogP contribution in [0.25, 0.3) is 0 Å². The quantitative estimate of drug-likeness (QED) is 0.911. The van der Waals surface area contributed by atoms with Gasteiger partial charge in [0.05, 0.1) is 12.0 Å². The number of hydrogen-bond acceptors (Lipinski definition) is 5. The van der Waals surface area contributed by atoms with Gasteiger partial charge in [-0.05, 0) is 24.3 Å². The van der Waals surface area contributed by atoms with Crippen LogP contribution in [0.1, 0.15) is 22.3 Å². The summed E-state index contributed by atoms with van der Waals surface area (Å²) in [6.45, 7) is 0. The molecule has 1 aliphatic rings. The topological polar surface area (TPSA) is 78.7 Å². The second-order valence-corrected chi connectivity index (χ2v) is 5.13. The van der Waals surface area contributed by atoms with Gasteiger partial charge in [0.1, 0.15) is 5.71 Å². The zero-order chi connectivity index (χ0) is 17.4. The van der Waals surface area contributed by atoms with Crippen molar-refractivity contribution in [3.8, 4) is 0 Å². The Bertz CT molecular complexity index is 780. The number of carbonyl (C=O) groups is 1. The van der Waals surface area contributed by atoms with Crippen LogP contribution in [0.2, 0.25) is 0 Å². The predicted molar refractivity (Wildman–Crippen MR) is 76.6 cm³/mol. The zero-order valence-electron chi connectivity index (χ0n) is 12.1. The van der Waals surface area contributed by atoms with E-state index in [9.17, 15) is 23.1 Å². The van der Waals surface area contributed by atoms with Gasteiger partial charge >= 0.3 is 6.18 Å². The number of pyridine rings is 2. The minimum Gasteiger partial charge on any atom is -0.365 e. The van der Waals surface area contributed by atoms with Crippen molar-refractivity contribution < 1.29 is 23.1 Å². The first kappa shape index (κ1) is 16.1. The maximum Gasteiger partial charge on any atom is 0.431 e. The van der Waals surface area contributed by atoms with E-state index < -0.39 is 29.9 Å². The molecule has 1 atom stereocenters. The minimum absolute atomic E-state index is 0.0113. The first-order chi connectivity index (χ1) is 11.3. The minimum atomic E-state index is -4.76. The van der Waals surface area contributed by atoms with Gasteiger partial charge < -0.3 is 5.11 Å². The fourth-order valence-electron chi connectivity index (χ4n) is 2.37. The molecular formula is C15H11F3N4O2. The van der Waals surface area contributed by atoms with Crippen molar-refractivity contribution in [2.24, 2.45) is 5.10 Å². The summed E-state index contributed by atoms with van der Waals surface area (Å²) in [5, 5.41) is 14.6. The summed E-state index contributed by atoms with van der Waals surface area (Å²) < 4.78 is 39.2. The molecule has 9 heteroatoms. The third-order valence-electron chi connectivity index (χ3n) is 3.56. The van der Waals surface area contributed by atoms with Crippen molar-refractivity contribution in [2.45, 2.75) is 18.3 Å². The summed E-state index contributed by atoms with van der Waals surface area (Å²) >= 11 is 0. The lowest BCUT2D eigenvalue weighted by atomic mass is 9.97. The molecule has 0 radical (unpaired) electrons. The van der Waals surface area contributed by atoms with E-state index in [0.29, 0.717) is 5.01 Å². The Hall–Kier alpha value is -2.81. The molecule has 124 valence electrons.